The highest BCUT2D eigenvalue weighted by atomic mass is 19.1. The number of benzene rings is 2. The van der Waals surface area contributed by atoms with Crippen molar-refractivity contribution >= 4 is 11.5 Å². The van der Waals surface area contributed by atoms with E-state index < -0.39 is 0 Å². The lowest BCUT2D eigenvalue weighted by molar-refractivity contribution is 0.475. The number of phenols is 1. The summed E-state index contributed by atoms with van der Waals surface area (Å²) in [5.74, 6) is 1.58. The van der Waals surface area contributed by atoms with Crippen LogP contribution >= 0.6 is 0 Å². The summed E-state index contributed by atoms with van der Waals surface area (Å²) in [7, 11) is 0. The average Bonchev–Trinajstić information content (AvgIpc) is 2.52. The largest absolute Gasteiger partial charge is 0.508 e. The maximum Gasteiger partial charge on any atom is 0.145 e. The molecule has 5 heteroatoms. The van der Waals surface area contributed by atoms with Gasteiger partial charge < -0.3 is 15.2 Å². The minimum atomic E-state index is -0.309. The van der Waals surface area contributed by atoms with E-state index in [0.29, 0.717) is 17.3 Å². The molecule has 4 nitrogen and oxygen atoms in total. The van der Waals surface area contributed by atoms with E-state index in [2.05, 4.69) is 10.3 Å². The van der Waals surface area contributed by atoms with Crippen LogP contribution in [0.5, 0.6) is 17.2 Å². The monoisotopic (exact) mass is 296 g/mol. The third kappa shape index (κ3) is 3.52. The molecule has 0 unspecified atom stereocenters. The van der Waals surface area contributed by atoms with Gasteiger partial charge in [-0.15, -0.1) is 0 Å². The van der Waals surface area contributed by atoms with E-state index in [1.807, 2.05) is 6.07 Å². The SMILES string of the molecule is Oc1cccc(Nc2ccc(Oc3ccc(F)cc3)cn2)c1. The zero-order chi connectivity index (χ0) is 15.4. The molecule has 0 aliphatic heterocycles. The first-order valence-corrected chi connectivity index (χ1v) is 6.64. The van der Waals surface area contributed by atoms with Crippen LogP contribution in [0.15, 0.2) is 66.9 Å². The van der Waals surface area contributed by atoms with Crippen LogP contribution in [0.3, 0.4) is 0 Å². The fraction of sp³-hybridized carbons (Fsp3) is 0. The van der Waals surface area contributed by atoms with Gasteiger partial charge in [0.25, 0.3) is 0 Å². The van der Waals surface area contributed by atoms with Crippen molar-refractivity contribution in [1.82, 2.24) is 4.98 Å². The predicted octanol–water partition coefficient (Wildman–Crippen LogP) is 4.46. The quantitative estimate of drug-likeness (QED) is 0.746. The van der Waals surface area contributed by atoms with Crippen LogP contribution in [-0.2, 0) is 0 Å². The summed E-state index contributed by atoms with van der Waals surface area (Å²) < 4.78 is 18.4. The van der Waals surface area contributed by atoms with E-state index in [1.54, 1.807) is 48.7 Å². The topological polar surface area (TPSA) is 54.4 Å². The molecule has 0 saturated carbocycles. The molecule has 0 atom stereocenters. The summed E-state index contributed by atoms with van der Waals surface area (Å²) in [6.07, 6.45) is 1.56. The molecule has 0 aliphatic rings. The lowest BCUT2D eigenvalue weighted by Crippen LogP contribution is -1.93. The third-order valence-electron chi connectivity index (χ3n) is 2.90. The Hall–Kier alpha value is -3.08. The summed E-state index contributed by atoms with van der Waals surface area (Å²) in [5.41, 5.74) is 0.736. The standard InChI is InChI=1S/C17H13FN2O2/c18-12-4-6-15(7-5-12)22-16-8-9-17(19-11-16)20-13-2-1-3-14(21)10-13/h1-11,21H,(H,19,20). The zero-order valence-electron chi connectivity index (χ0n) is 11.5. The van der Waals surface area contributed by atoms with Gasteiger partial charge in [-0.2, -0.15) is 0 Å². The second-order valence-electron chi connectivity index (χ2n) is 4.61. The Kier molecular flexibility index (Phi) is 3.87. The van der Waals surface area contributed by atoms with Crippen molar-refractivity contribution in [2.45, 2.75) is 0 Å². The molecule has 3 aromatic rings. The molecule has 0 aliphatic carbocycles. The Morgan fingerprint density at radius 3 is 2.41 bits per heavy atom. The van der Waals surface area contributed by atoms with Gasteiger partial charge in [-0.3, -0.25) is 0 Å². The second kappa shape index (κ2) is 6.13. The summed E-state index contributed by atoms with van der Waals surface area (Å²) in [4.78, 5) is 4.23. The first-order valence-electron chi connectivity index (χ1n) is 6.64. The summed E-state index contributed by atoms with van der Waals surface area (Å²) in [5, 5.41) is 12.5. The molecule has 0 bridgehead atoms. The molecule has 0 amide bonds. The van der Waals surface area contributed by atoms with Crippen molar-refractivity contribution < 1.29 is 14.2 Å². The molecule has 0 spiro atoms. The van der Waals surface area contributed by atoms with E-state index >= 15 is 0 Å². The van der Waals surface area contributed by atoms with E-state index in [1.165, 1.54) is 12.1 Å². The van der Waals surface area contributed by atoms with Crippen LogP contribution in [0.4, 0.5) is 15.9 Å². The number of anilines is 2. The second-order valence-corrected chi connectivity index (χ2v) is 4.61. The number of ether oxygens (including phenoxy) is 1. The predicted molar refractivity (Wildman–Crippen MR) is 82.1 cm³/mol. The molecule has 110 valence electrons. The van der Waals surface area contributed by atoms with Crippen LogP contribution in [0.2, 0.25) is 0 Å². The highest BCUT2D eigenvalue weighted by molar-refractivity contribution is 5.58. The van der Waals surface area contributed by atoms with Gasteiger partial charge >= 0.3 is 0 Å². The minimum Gasteiger partial charge on any atom is -0.508 e. The van der Waals surface area contributed by atoms with Crippen molar-refractivity contribution in [3.8, 4) is 17.2 Å². The lowest BCUT2D eigenvalue weighted by Gasteiger charge is -2.08. The number of nitrogens with zero attached hydrogens (tertiary/aromatic N) is 1. The normalized spacial score (nSPS) is 10.2. The molecular formula is C17H13FN2O2. The van der Waals surface area contributed by atoms with Gasteiger partial charge in [0, 0.05) is 11.8 Å². The summed E-state index contributed by atoms with van der Waals surface area (Å²) in [6, 6.07) is 16.0. The molecule has 0 saturated heterocycles. The van der Waals surface area contributed by atoms with E-state index in [-0.39, 0.29) is 11.6 Å². The van der Waals surface area contributed by atoms with Crippen molar-refractivity contribution in [2.24, 2.45) is 0 Å². The number of hydrogen-bond acceptors (Lipinski definition) is 4. The lowest BCUT2D eigenvalue weighted by atomic mass is 10.3. The Morgan fingerprint density at radius 2 is 1.73 bits per heavy atom. The van der Waals surface area contributed by atoms with E-state index in [0.717, 1.165) is 5.69 Å². The molecular weight excluding hydrogens is 283 g/mol. The Balaban J connectivity index is 1.68. The average molecular weight is 296 g/mol. The van der Waals surface area contributed by atoms with E-state index in [9.17, 15) is 9.50 Å². The van der Waals surface area contributed by atoms with Crippen LogP contribution < -0.4 is 10.1 Å². The molecule has 1 heterocycles. The number of phenolic OH excluding ortho intramolecular Hbond substituents is 1. The van der Waals surface area contributed by atoms with Crippen LogP contribution in [-0.4, -0.2) is 10.1 Å². The molecule has 2 N–H and O–H groups in total. The number of pyridine rings is 1. The van der Waals surface area contributed by atoms with Gasteiger partial charge in [0.15, 0.2) is 0 Å². The Labute approximate surface area is 126 Å². The fourth-order valence-corrected chi connectivity index (χ4v) is 1.88. The highest BCUT2D eigenvalue weighted by Gasteiger charge is 2.01. The number of hydrogen-bond donors (Lipinski definition) is 2. The highest BCUT2D eigenvalue weighted by Crippen LogP contribution is 2.23. The molecule has 0 fully saturated rings. The van der Waals surface area contributed by atoms with Gasteiger partial charge in [0.1, 0.15) is 28.9 Å². The van der Waals surface area contributed by atoms with Gasteiger partial charge in [-0.25, -0.2) is 9.37 Å². The molecule has 0 radical (unpaired) electrons. The zero-order valence-corrected chi connectivity index (χ0v) is 11.5. The number of rotatable bonds is 4. The molecule has 22 heavy (non-hydrogen) atoms. The van der Waals surface area contributed by atoms with Crippen molar-refractivity contribution in [3.63, 3.8) is 0 Å². The van der Waals surface area contributed by atoms with Gasteiger partial charge in [0.2, 0.25) is 0 Å². The number of halogens is 1. The van der Waals surface area contributed by atoms with Gasteiger partial charge in [-0.05, 0) is 48.5 Å². The van der Waals surface area contributed by atoms with Crippen molar-refractivity contribution in [3.05, 3.63) is 72.7 Å². The number of aromatic hydroxyl groups is 1. The first-order chi connectivity index (χ1) is 10.7. The smallest absolute Gasteiger partial charge is 0.145 e. The van der Waals surface area contributed by atoms with Gasteiger partial charge in [0.05, 0.1) is 6.20 Å². The van der Waals surface area contributed by atoms with Crippen LogP contribution in [0, 0.1) is 5.82 Å². The summed E-state index contributed by atoms with van der Waals surface area (Å²) in [6.45, 7) is 0. The van der Waals surface area contributed by atoms with Crippen molar-refractivity contribution in [2.75, 3.05) is 5.32 Å². The summed E-state index contributed by atoms with van der Waals surface area (Å²) >= 11 is 0. The number of aromatic nitrogens is 1. The molecule has 2 aromatic carbocycles. The first kappa shape index (κ1) is 13.9. The fourth-order valence-electron chi connectivity index (χ4n) is 1.88. The Bertz CT molecular complexity index is 758. The van der Waals surface area contributed by atoms with Crippen molar-refractivity contribution in [1.29, 1.82) is 0 Å². The maximum absolute atomic E-state index is 12.8. The maximum atomic E-state index is 12.8. The Morgan fingerprint density at radius 1 is 0.955 bits per heavy atom. The third-order valence-corrected chi connectivity index (χ3v) is 2.90. The van der Waals surface area contributed by atoms with Gasteiger partial charge in [-0.1, -0.05) is 6.07 Å². The molecule has 1 aromatic heterocycles. The number of nitrogens with one attached hydrogen (secondary N) is 1. The molecule has 3 rings (SSSR count). The van der Waals surface area contributed by atoms with Crippen LogP contribution in [0.1, 0.15) is 0 Å². The minimum absolute atomic E-state index is 0.182. The van der Waals surface area contributed by atoms with E-state index in [4.69, 9.17) is 4.74 Å². The van der Waals surface area contributed by atoms with Crippen LogP contribution in [0.25, 0.3) is 0 Å².